The number of hydrogen-bond donors (Lipinski definition) is 1. The number of hydrogen-bond acceptors (Lipinski definition) is 2. The van der Waals surface area contributed by atoms with Crippen molar-refractivity contribution in [1.29, 1.82) is 0 Å². The average molecular weight is 277 g/mol. The van der Waals surface area contributed by atoms with Gasteiger partial charge in [0.2, 0.25) is 0 Å². The van der Waals surface area contributed by atoms with Crippen molar-refractivity contribution in [3.8, 4) is 16.9 Å². The summed E-state index contributed by atoms with van der Waals surface area (Å²) in [7, 11) is 0. The summed E-state index contributed by atoms with van der Waals surface area (Å²) < 4.78 is 1.87. The molecule has 0 atom stereocenters. The van der Waals surface area contributed by atoms with Crippen molar-refractivity contribution >= 4 is 5.69 Å². The van der Waals surface area contributed by atoms with E-state index < -0.39 is 0 Å². The molecule has 3 rings (SSSR count). The summed E-state index contributed by atoms with van der Waals surface area (Å²) in [6, 6.07) is 14.6. The van der Waals surface area contributed by atoms with E-state index >= 15 is 0 Å². The van der Waals surface area contributed by atoms with Gasteiger partial charge < -0.3 is 5.73 Å². The summed E-state index contributed by atoms with van der Waals surface area (Å²) in [5.74, 6) is 0. The van der Waals surface area contributed by atoms with E-state index in [9.17, 15) is 0 Å². The zero-order valence-electron chi connectivity index (χ0n) is 12.6. The van der Waals surface area contributed by atoms with Crippen LogP contribution in [0.2, 0.25) is 0 Å². The fraction of sp³-hybridized carbons (Fsp3) is 0.167. The van der Waals surface area contributed by atoms with Crippen LogP contribution >= 0.6 is 0 Å². The topological polar surface area (TPSA) is 43.8 Å². The van der Waals surface area contributed by atoms with Crippen LogP contribution < -0.4 is 5.73 Å². The van der Waals surface area contributed by atoms with Gasteiger partial charge in [0.25, 0.3) is 0 Å². The first-order chi connectivity index (χ1) is 10.0. The molecular formula is C18H19N3. The van der Waals surface area contributed by atoms with E-state index in [2.05, 4.69) is 68.3 Å². The number of nitrogens with zero attached hydrogens (tertiary/aromatic N) is 2. The second-order valence-corrected chi connectivity index (χ2v) is 5.53. The van der Waals surface area contributed by atoms with E-state index in [1.807, 2.05) is 10.9 Å². The Bertz CT molecular complexity index is 783. The highest BCUT2D eigenvalue weighted by atomic mass is 15.3. The first-order valence-corrected chi connectivity index (χ1v) is 7.04. The Labute approximate surface area is 125 Å². The molecule has 0 radical (unpaired) electrons. The van der Waals surface area contributed by atoms with Gasteiger partial charge in [-0.2, -0.15) is 5.10 Å². The SMILES string of the molecule is Cc1ccc(-c2nn(-c3cc(C)ccc3C)cc2N)cc1. The molecule has 1 aromatic heterocycles. The number of aromatic nitrogens is 2. The molecule has 106 valence electrons. The van der Waals surface area contributed by atoms with Crippen LogP contribution in [0.1, 0.15) is 16.7 Å². The summed E-state index contributed by atoms with van der Waals surface area (Å²) in [6.45, 7) is 6.23. The predicted octanol–water partition coefficient (Wildman–Crippen LogP) is 4.05. The first-order valence-electron chi connectivity index (χ1n) is 7.04. The third-order valence-electron chi connectivity index (χ3n) is 3.68. The highest BCUT2D eigenvalue weighted by Gasteiger charge is 2.11. The Morgan fingerprint density at radius 2 is 1.57 bits per heavy atom. The van der Waals surface area contributed by atoms with Crippen molar-refractivity contribution in [2.75, 3.05) is 5.73 Å². The molecule has 2 N–H and O–H groups in total. The minimum absolute atomic E-state index is 0.694. The summed E-state index contributed by atoms with van der Waals surface area (Å²) >= 11 is 0. The van der Waals surface area contributed by atoms with Crippen LogP contribution in [-0.4, -0.2) is 9.78 Å². The van der Waals surface area contributed by atoms with Gasteiger partial charge in [0.05, 0.1) is 17.6 Å². The van der Waals surface area contributed by atoms with Crippen LogP contribution in [0, 0.1) is 20.8 Å². The number of aryl methyl sites for hydroxylation is 3. The summed E-state index contributed by atoms with van der Waals surface area (Å²) in [5, 5.41) is 4.67. The molecule has 21 heavy (non-hydrogen) atoms. The van der Waals surface area contributed by atoms with Crippen LogP contribution in [-0.2, 0) is 0 Å². The number of benzene rings is 2. The molecule has 0 saturated heterocycles. The quantitative estimate of drug-likeness (QED) is 0.768. The van der Waals surface area contributed by atoms with Crippen molar-refractivity contribution in [2.45, 2.75) is 20.8 Å². The molecule has 3 heteroatoms. The molecule has 0 spiro atoms. The van der Waals surface area contributed by atoms with Gasteiger partial charge in [0, 0.05) is 5.56 Å². The van der Waals surface area contributed by atoms with Gasteiger partial charge in [-0.15, -0.1) is 0 Å². The van der Waals surface area contributed by atoms with Crippen molar-refractivity contribution in [2.24, 2.45) is 0 Å². The number of rotatable bonds is 2. The van der Waals surface area contributed by atoms with Crippen molar-refractivity contribution in [3.05, 3.63) is 65.4 Å². The van der Waals surface area contributed by atoms with Crippen LogP contribution in [0.15, 0.2) is 48.7 Å². The van der Waals surface area contributed by atoms with Gasteiger partial charge in [0.1, 0.15) is 5.69 Å². The van der Waals surface area contributed by atoms with Gasteiger partial charge in [-0.3, -0.25) is 0 Å². The van der Waals surface area contributed by atoms with Gasteiger partial charge in [-0.1, -0.05) is 42.0 Å². The Morgan fingerprint density at radius 3 is 2.29 bits per heavy atom. The number of nitrogens with two attached hydrogens (primary N) is 1. The van der Waals surface area contributed by atoms with Gasteiger partial charge in [0.15, 0.2) is 0 Å². The third kappa shape index (κ3) is 2.55. The van der Waals surface area contributed by atoms with Crippen molar-refractivity contribution in [1.82, 2.24) is 9.78 Å². The fourth-order valence-electron chi connectivity index (χ4n) is 2.41. The normalized spacial score (nSPS) is 10.8. The molecule has 1 heterocycles. The van der Waals surface area contributed by atoms with E-state index in [1.165, 1.54) is 16.7 Å². The summed E-state index contributed by atoms with van der Waals surface area (Å²) in [6.07, 6.45) is 1.89. The molecular weight excluding hydrogens is 258 g/mol. The molecule has 0 aliphatic rings. The molecule has 2 aromatic carbocycles. The lowest BCUT2D eigenvalue weighted by Gasteiger charge is -2.06. The largest absolute Gasteiger partial charge is 0.396 e. The fourth-order valence-corrected chi connectivity index (χ4v) is 2.41. The van der Waals surface area contributed by atoms with Crippen molar-refractivity contribution < 1.29 is 0 Å². The maximum atomic E-state index is 6.15. The average Bonchev–Trinajstić information content (AvgIpc) is 2.84. The van der Waals surface area contributed by atoms with Crippen LogP contribution in [0.5, 0.6) is 0 Å². The zero-order chi connectivity index (χ0) is 15.0. The Morgan fingerprint density at radius 1 is 0.905 bits per heavy atom. The second-order valence-electron chi connectivity index (χ2n) is 5.53. The lowest BCUT2D eigenvalue weighted by atomic mass is 10.1. The number of nitrogen functional groups attached to an aromatic ring is 1. The Hall–Kier alpha value is -2.55. The van der Waals surface area contributed by atoms with Crippen LogP contribution in [0.3, 0.4) is 0 Å². The molecule has 0 unspecified atom stereocenters. The van der Waals surface area contributed by atoms with Gasteiger partial charge in [-0.05, 0) is 38.0 Å². The maximum absolute atomic E-state index is 6.15. The molecule has 0 aliphatic heterocycles. The Balaban J connectivity index is 2.09. The Kier molecular flexibility index (Phi) is 3.26. The standard InChI is InChI=1S/C18H19N3/c1-12-5-8-15(9-6-12)18-16(19)11-21(20-18)17-10-13(2)4-7-14(17)3/h4-11H,19H2,1-3H3. The summed E-state index contributed by atoms with van der Waals surface area (Å²) in [5.41, 5.74) is 13.4. The van der Waals surface area contributed by atoms with Gasteiger partial charge in [-0.25, -0.2) is 4.68 Å². The lowest BCUT2D eigenvalue weighted by Crippen LogP contribution is -1.98. The summed E-state index contributed by atoms with van der Waals surface area (Å²) in [4.78, 5) is 0. The molecule has 3 nitrogen and oxygen atoms in total. The van der Waals surface area contributed by atoms with E-state index in [0.717, 1.165) is 16.9 Å². The minimum atomic E-state index is 0.694. The number of anilines is 1. The maximum Gasteiger partial charge on any atom is 0.116 e. The molecule has 0 saturated carbocycles. The van der Waals surface area contributed by atoms with E-state index in [1.54, 1.807) is 0 Å². The third-order valence-corrected chi connectivity index (χ3v) is 3.68. The molecule has 0 fully saturated rings. The van der Waals surface area contributed by atoms with Crippen molar-refractivity contribution in [3.63, 3.8) is 0 Å². The van der Waals surface area contributed by atoms with E-state index in [0.29, 0.717) is 5.69 Å². The highest BCUT2D eigenvalue weighted by molar-refractivity contribution is 5.72. The van der Waals surface area contributed by atoms with Gasteiger partial charge >= 0.3 is 0 Å². The van der Waals surface area contributed by atoms with E-state index in [-0.39, 0.29) is 0 Å². The zero-order valence-corrected chi connectivity index (χ0v) is 12.6. The second kappa shape index (κ2) is 5.09. The minimum Gasteiger partial charge on any atom is -0.396 e. The monoisotopic (exact) mass is 277 g/mol. The smallest absolute Gasteiger partial charge is 0.116 e. The lowest BCUT2D eigenvalue weighted by molar-refractivity contribution is 0.875. The highest BCUT2D eigenvalue weighted by Crippen LogP contribution is 2.26. The molecule has 0 amide bonds. The van der Waals surface area contributed by atoms with Crippen LogP contribution in [0.25, 0.3) is 16.9 Å². The molecule has 3 aromatic rings. The molecule has 0 bridgehead atoms. The molecule has 0 aliphatic carbocycles. The van der Waals surface area contributed by atoms with E-state index in [4.69, 9.17) is 5.73 Å². The first kappa shape index (κ1) is 13.4. The van der Waals surface area contributed by atoms with Crippen LogP contribution in [0.4, 0.5) is 5.69 Å². The predicted molar refractivity (Wildman–Crippen MR) is 87.6 cm³/mol.